The summed E-state index contributed by atoms with van der Waals surface area (Å²) in [7, 11) is 1.67. The van der Waals surface area contributed by atoms with Gasteiger partial charge in [0.25, 0.3) is 0 Å². The first-order chi connectivity index (χ1) is 10.6. The normalized spacial score (nSPS) is 18.0. The average molecular weight is 306 g/mol. The Bertz CT molecular complexity index is 460. The summed E-state index contributed by atoms with van der Waals surface area (Å²) in [5, 5.41) is 10.3. The van der Waals surface area contributed by atoms with E-state index in [-0.39, 0.29) is 12.6 Å². The summed E-state index contributed by atoms with van der Waals surface area (Å²) >= 11 is 0. The zero-order valence-electron chi connectivity index (χ0n) is 13.4. The molecule has 122 valence electrons. The molecule has 0 saturated carbocycles. The summed E-state index contributed by atoms with van der Waals surface area (Å²) < 4.78 is 5.29. The fraction of sp³-hybridized carbons (Fsp3) is 0.588. The van der Waals surface area contributed by atoms with Crippen molar-refractivity contribution >= 4 is 6.09 Å². The number of hydrogen-bond donors (Lipinski definition) is 1. The Morgan fingerprint density at radius 3 is 2.59 bits per heavy atom. The van der Waals surface area contributed by atoms with Gasteiger partial charge in [-0.15, -0.1) is 0 Å². The molecule has 22 heavy (non-hydrogen) atoms. The lowest BCUT2D eigenvalue weighted by Gasteiger charge is -2.30. The fourth-order valence-electron chi connectivity index (χ4n) is 2.63. The van der Waals surface area contributed by atoms with E-state index in [1.165, 1.54) is 17.7 Å². The first-order valence-electron chi connectivity index (χ1n) is 7.92. The zero-order valence-corrected chi connectivity index (χ0v) is 13.4. The molecule has 1 N–H and O–H groups in total. The SMILES string of the molecule is CC(C(O)CN1CCCC1)N(C)C(=O)OCc1ccccc1. The molecule has 5 nitrogen and oxygen atoms in total. The smallest absolute Gasteiger partial charge is 0.410 e. The van der Waals surface area contributed by atoms with Crippen molar-refractivity contribution < 1.29 is 14.6 Å². The van der Waals surface area contributed by atoms with Crippen LogP contribution in [0.15, 0.2) is 30.3 Å². The molecule has 0 spiro atoms. The van der Waals surface area contributed by atoms with Crippen molar-refractivity contribution in [1.82, 2.24) is 9.80 Å². The molecule has 1 aromatic carbocycles. The van der Waals surface area contributed by atoms with Crippen LogP contribution in [0.3, 0.4) is 0 Å². The van der Waals surface area contributed by atoms with Gasteiger partial charge in [-0.3, -0.25) is 0 Å². The molecule has 2 atom stereocenters. The molecule has 2 unspecified atom stereocenters. The van der Waals surface area contributed by atoms with Crippen LogP contribution >= 0.6 is 0 Å². The molecule has 1 fully saturated rings. The van der Waals surface area contributed by atoms with Crippen molar-refractivity contribution in [3.8, 4) is 0 Å². The van der Waals surface area contributed by atoms with E-state index < -0.39 is 12.2 Å². The van der Waals surface area contributed by atoms with Crippen LogP contribution in [-0.4, -0.2) is 59.8 Å². The van der Waals surface area contributed by atoms with E-state index >= 15 is 0 Å². The highest BCUT2D eigenvalue weighted by Gasteiger charge is 2.26. The van der Waals surface area contributed by atoms with Crippen molar-refractivity contribution in [1.29, 1.82) is 0 Å². The number of hydrogen-bond acceptors (Lipinski definition) is 4. The maximum absolute atomic E-state index is 12.1. The summed E-state index contributed by atoms with van der Waals surface area (Å²) in [4.78, 5) is 15.8. The number of likely N-dealkylation sites (tertiary alicyclic amines) is 1. The summed E-state index contributed by atoms with van der Waals surface area (Å²) in [5.41, 5.74) is 0.953. The van der Waals surface area contributed by atoms with Crippen LogP contribution in [0, 0.1) is 0 Å². The number of amides is 1. The van der Waals surface area contributed by atoms with Gasteiger partial charge >= 0.3 is 6.09 Å². The summed E-state index contributed by atoms with van der Waals surface area (Å²) in [6.45, 7) is 4.78. The number of ether oxygens (including phenoxy) is 1. The molecular formula is C17H26N2O3. The lowest BCUT2D eigenvalue weighted by Crippen LogP contribution is -2.47. The maximum atomic E-state index is 12.1. The lowest BCUT2D eigenvalue weighted by molar-refractivity contribution is 0.0336. The first-order valence-corrected chi connectivity index (χ1v) is 7.92. The molecule has 1 heterocycles. The predicted molar refractivity (Wildman–Crippen MR) is 85.5 cm³/mol. The van der Waals surface area contributed by atoms with Gasteiger partial charge in [0.15, 0.2) is 0 Å². The van der Waals surface area contributed by atoms with E-state index in [0.29, 0.717) is 6.54 Å². The Balaban J connectivity index is 1.78. The Morgan fingerprint density at radius 1 is 1.32 bits per heavy atom. The number of aliphatic hydroxyl groups is 1. The van der Waals surface area contributed by atoms with Crippen molar-refractivity contribution in [3.63, 3.8) is 0 Å². The molecule has 0 aliphatic carbocycles. The molecule has 0 bridgehead atoms. The molecule has 1 aliphatic rings. The van der Waals surface area contributed by atoms with Crippen LogP contribution in [0.25, 0.3) is 0 Å². The molecule has 0 radical (unpaired) electrons. The van der Waals surface area contributed by atoms with Gasteiger partial charge < -0.3 is 19.6 Å². The van der Waals surface area contributed by atoms with Gasteiger partial charge in [0, 0.05) is 13.6 Å². The summed E-state index contributed by atoms with van der Waals surface area (Å²) in [6.07, 6.45) is 1.41. The lowest BCUT2D eigenvalue weighted by atomic mass is 10.1. The van der Waals surface area contributed by atoms with Gasteiger partial charge in [-0.2, -0.15) is 0 Å². The molecule has 2 rings (SSSR count). The van der Waals surface area contributed by atoms with Crippen LogP contribution in [0.2, 0.25) is 0 Å². The van der Waals surface area contributed by atoms with E-state index in [0.717, 1.165) is 18.7 Å². The van der Waals surface area contributed by atoms with Gasteiger partial charge in [0.2, 0.25) is 0 Å². The van der Waals surface area contributed by atoms with E-state index in [2.05, 4.69) is 4.90 Å². The third kappa shape index (κ3) is 4.71. The zero-order chi connectivity index (χ0) is 15.9. The monoisotopic (exact) mass is 306 g/mol. The third-order valence-electron chi connectivity index (χ3n) is 4.30. The molecule has 5 heteroatoms. The first kappa shape index (κ1) is 16.8. The molecule has 0 aromatic heterocycles. The summed E-state index contributed by atoms with van der Waals surface area (Å²) in [5.74, 6) is 0. The van der Waals surface area contributed by atoms with Gasteiger partial charge in [0.1, 0.15) is 6.61 Å². The number of carbonyl (C=O) groups excluding carboxylic acids is 1. The van der Waals surface area contributed by atoms with Crippen molar-refractivity contribution in [2.24, 2.45) is 0 Å². The average Bonchev–Trinajstić information content (AvgIpc) is 3.05. The predicted octanol–water partition coefficient (Wildman–Crippen LogP) is 2.10. The largest absolute Gasteiger partial charge is 0.445 e. The standard InChI is InChI=1S/C17H26N2O3/c1-14(16(20)12-19-10-6-7-11-19)18(2)17(21)22-13-15-8-4-3-5-9-15/h3-5,8-9,14,16,20H,6-7,10-13H2,1-2H3. The minimum Gasteiger partial charge on any atom is -0.445 e. The topological polar surface area (TPSA) is 53.0 Å². The van der Waals surface area contributed by atoms with Crippen LogP contribution in [0.1, 0.15) is 25.3 Å². The second kappa shape index (κ2) is 8.15. The van der Waals surface area contributed by atoms with E-state index in [9.17, 15) is 9.90 Å². The highest BCUT2D eigenvalue weighted by molar-refractivity contribution is 5.67. The highest BCUT2D eigenvalue weighted by atomic mass is 16.6. The Labute approximate surface area is 132 Å². The Morgan fingerprint density at radius 2 is 1.95 bits per heavy atom. The Kier molecular flexibility index (Phi) is 6.21. The number of carbonyl (C=O) groups is 1. The highest BCUT2D eigenvalue weighted by Crippen LogP contribution is 2.12. The van der Waals surface area contributed by atoms with Crippen LogP contribution in [-0.2, 0) is 11.3 Å². The van der Waals surface area contributed by atoms with Crippen molar-refractivity contribution in [3.05, 3.63) is 35.9 Å². The number of aliphatic hydroxyl groups excluding tert-OH is 1. The van der Waals surface area contributed by atoms with Crippen molar-refractivity contribution in [2.75, 3.05) is 26.7 Å². The maximum Gasteiger partial charge on any atom is 0.410 e. The molecule has 1 amide bonds. The second-order valence-electron chi connectivity index (χ2n) is 5.97. The third-order valence-corrected chi connectivity index (χ3v) is 4.30. The van der Waals surface area contributed by atoms with E-state index in [4.69, 9.17) is 4.74 Å². The van der Waals surface area contributed by atoms with Gasteiger partial charge in [0.05, 0.1) is 12.1 Å². The van der Waals surface area contributed by atoms with Gasteiger partial charge in [-0.05, 0) is 38.4 Å². The van der Waals surface area contributed by atoms with Gasteiger partial charge in [-0.25, -0.2) is 4.79 Å². The fourth-order valence-corrected chi connectivity index (χ4v) is 2.63. The quantitative estimate of drug-likeness (QED) is 0.874. The number of nitrogens with zero attached hydrogens (tertiary/aromatic N) is 2. The molecule has 1 aromatic rings. The van der Waals surface area contributed by atoms with Crippen LogP contribution in [0.4, 0.5) is 4.79 Å². The molecular weight excluding hydrogens is 280 g/mol. The Hall–Kier alpha value is -1.59. The van der Waals surface area contributed by atoms with E-state index in [1.54, 1.807) is 7.05 Å². The molecule has 1 aliphatic heterocycles. The van der Waals surface area contributed by atoms with Crippen LogP contribution in [0.5, 0.6) is 0 Å². The number of benzene rings is 1. The van der Waals surface area contributed by atoms with Crippen LogP contribution < -0.4 is 0 Å². The second-order valence-corrected chi connectivity index (χ2v) is 5.97. The summed E-state index contributed by atoms with van der Waals surface area (Å²) in [6, 6.07) is 9.31. The van der Waals surface area contributed by atoms with Gasteiger partial charge in [-0.1, -0.05) is 30.3 Å². The minimum atomic E-state index is -0.563. The van der Waals surface area contributed by atoms with Crippen molar-refractivity contribution in [2.45, 2.75) is 38.5 Å². The number of likely N-dealkylation sites (N-methyl/N-ethyl adjacent to an activating group) is 1. The minimum absolute atomic E-state index is 0.249. The number of β-amino-alcohol motifs (C(OH)–C–C–N with tert-alkyl or cyclic N) is 1. The molecule has 1 saturated heterocycles. The van der Waals surface area contributed by atoms with E-state index in [1.807, 2.05) is 37.3 Å². The number of rotatable bonds is 6.